The van der Waals surface area contributed by atoms with E-state index in [1.807, 2.05) is 18.2 Å². The van der Waals surface area contributed by atoms with Gasteiger partial charge in [-0.3, -0.25) is 0 Å². The average Bonchev–Trinajstić information content (AvgIpc) is 2.81. The highest BCUT2D eigenvalue weighted by Gasteiger charge is 2.25. The third-order valence-corrected chi connectivity index (χ3v) is 3.34. The van der Waals surface area contributed by atoms with E-state index in [4.69, 9.17) is 14.9 Å². The molecule has 5 nitrogen and oxygen atoms in total. The maximum Gasteiger partial charge on any atom is 0.298 e. The number of nitrogens with zero attached hydrogens (tertiary/aromatic N) is 2. The molecule has 2 aromatic rings. The van der Waals surface area contributed by atoms with Gasteiger partial charge in [-0.15, -0.1) is 0 Å². The lowest BCUT2D eigenvalue weighted by molar-refractivity contribution is 0.0903. The second-order valence-corrected chi connectivity index (χ2v) is 4.55. The number of aromatic nitrogens is 1. The van der Waals surface area contributed by atoms with Crippen LogP contribution in [0.25, 0.3) is 11.1 Å². The summed E-state index contributed by atoms with van der Waals surface area (Å²) in [6, 6.07) is 6.54. The van der Waals surface area contributed by atoms with E-state index in [1.54, 1.807) is 0 Å². The molecular formula is C13H17N3O2. The van der Waals surface area contributed by atoms with E-state index in [-0.39, 0.29) is 0 Å². The van der Waals surface area contributed by atoms with Crippen LogP contribution in [0.2, 0.25) is 0 Å². The molecule has 0 radical (unpaired) electrons. The van der Waals surface area contributed by atoms with Gasteiger partial charge >= 0.3 is 0 Å². The molecule has 18 heavy (non-hydrogen) atoms. The number of oxazole rings is 1. The highest BCUT2D eigenvalue weighted by atomic mass is 16.5. The number of fused-ring (bicyclic) bond motifs is 1. The monoisotopic (exact) mass is 247 g/mol. The Morgan fingerprint density at radius 2 is 2.39 bits per heavy atom. The molecule has 3 rings (SSSR count). The van der Waals surface area contributed by atoms with E-state index in [0.29, 0.717) is 17.7 Å². The van der Waals surface area contributed by atoms with Gasteiger partial charge in [-0.25, -0.2) is 0 Å². The Balaban J connectivity index is 1.97. The fourth-order valence-corrected chi connectivity index (χ4v) is 2.30. The molecule has 2 heterocycles. The minimum Gasteiger partial charge on any atom is -0.423 e. The van der Waals surface area contributed by atoms with Crippen molar-refractivity contribution < 1.29 is 9.15 Å². The zero-order chi connectivity index (χ0) is 12.5. The molecule has 1 aliphatic rings. The molecule has 1 fully saturated rings. The lowest BCUT2D eigenvalue weighted by Gasteiger charge is -2.33. The molecule has 0 aliphatic carbocycles. The van der Waals surface area contributed by atoms with Crippen LogP contribution in [0.1, 0.15) is 13.3 Å². The number of nitrogen functional groups attached to an aromatic ring is 1. The SMILES string of the molecule is CCC1COCCN1c1nc2cc(N)ccc2o1. The second kappa shape index (κ2) is 4.49. The van der Waals surface area contributed by atoms with Crippen molar-refractivity contribution in [3.63, 3.8) is 0 Å². The Bertz CT molecular complexity index is 552. The Hall–Kier alpha value is -1.75. The van der Waals surface area contributed by atoms with Crippen LogP contribution in [-0.2, 0) is 4.74 Å². The summed E-state index contributed by atoms with van der Waals surface area (Å²) in [4.78, 5) is 6.70. The van der Waals surface area contributed by atoms with E-state index < -0.39 is 0 Å². The highest BCUT2D eigenvalue weighted by Crippen LogP contribution is 2.26. The third-order valence-electron chi connectivity index (χ3n) is 3.34. The molecule has 1 aromatic carbocycles. The van der Waals surface area contributed by atoms with Crippen LogP contribution in [0.3, 0.4) is 0 Å². The zero-order valence-electron chi connectivity index (χ0n) is 10.4. The minimum absolute atomic E-state index is 0.337. The number of hydrogen-bond donors (Lipinski definition) is 1. The van der Waals surface area contributed by atoms with E-state index in [2.05, 4.69) is 16.8 Å². The van der Waals surface area contributed by atoms with Gasteiger partial charge in [0.25, 0.3) is 6.01 Å². The number of anilines is 2. The molecule has 5 heteroatoms. The average molecular weight is 247 g/mol. The van der Waals surface area contributed by atoms with E-state index in [1.165, 1.54) is 0 Å². The zero-order valence-corrected chi connectivity index (χ0v) is 10.4. The molecule has 2 N–H and O–H groups in total. The highest BCUT2D eigenvalue weighted by molar-refractivity contribution is 5.78. The number of nitrogens with two attached hydrogens (primary N) is 1. The fraction of sp³-hybridized carbons (Fsp3) is 0.462. The fourth-order valence-electron chi connectivity index (χ4n) is 2.30. The van der Waals surface area contributed by atoms with Gasteiger partial charge in [0.2, 0.25) is 0 Å². The number of ether oxygens (including phenoxy) is 1. The molecular weight excluding hydrogens is 230 g/mol. The summed E-state index contributed by atoms with van der Waals surface area (Å²) >= 11 is 0. The van der Waals surface area contributed by atoms with Gasteiger partial charge in [-0.1, -0.05) is 6.92 Å². The molecule has 1 aromatic heterocycles. The number of hydrogen-bond acceptors (Lipinski definition) is 5. The van der Waals surface area contributed by atoms with E-state index in [0.717, 1.165) is 37.3 Å². The van der Waals surface area contributed by atoms with Crippen LogP contribution < -0.4 is 10.6 Å². The first-order valence-corrected chi connectivity index (χ1v) is 6.28. The first-order chi connectivity index (χ1) is 8.78. The topological polar surface area (TPSA) is 64.5 Å². The van der Waals surface area contributed by atoms with Gasteiger partial charge in [0.1, 0.15) is 5.52 Å². The number of benzene rings is 1. The number of morpholine rings is 1. The predicted octanol–water partition coefficient (Wildman–Crippen LogP) is 2.03. The molecule has 0 amide bonds. The van der Waals surface area contributed by atoms with E-state index in [9.17, 15) is 0 Å². The van der Waals surface area contributed by atoms with Crippen molar-refractivity contribution in [1.29, 1.82) is 0 Å². The first kappa shape index (κ1) is 11.3. The summed E-state index contributed by atoms with van der Waals surface area (Å²) in [7, 11) is 0. The van der Waals surface area contributed by atoms with Crippen LogP contribution in [0.5, 0.6) is 0 Å². The predicted molar refractivity (Wildman–Crippen MR) is 70.7 cm³/mol. The molecule has 1 unspecified atom stereocenters. The van der Waals surface area contributed by atoms with Crippen molar-refractivity contribution >= 4 is 22.8 Å². The van der Waals surface area contributed by atoms with Gasteiger partial charge in [0.15, 0.2) is 5.58 Å². The van der Waals surface area contributed by atoms with Crippen molar-refractivity contribution in [3.8, 4) is 0 Å². The Labute approximate surface area is 106 Å². The maximum absolute atomic E-state index is 5.80. The van der Waals surface area contributed by atoms with Crippen LogP contribution >= 0.6 is 0 Å². The molecule has 1 saturated heterocycles. The van der Waals surface area contributed by atoms with Crippen LogP contribution in [0, 0.1) is 0 Å². The normalized spacial score (nSPS) is 20.5. The van der Waals surface area contributed by atoms with Crippen molar-refractivity contribution in [2.75, 3.05) is 30.4 Å². The molecule has 96 valence electrons. The van der Waals surface area contributed by atoms with Crippen molar-refractivity contribution in [3.05, 3.63) is 18.2 Å². The van der Waals surface area contributed by atoms with Gasteiger partial charge in [0.05, 0.1) is 19.3 Å². The van der Waals surface area contributed by atoms with Crippen LogP contribution in [-0.4, -0.2) is 30.8 Å². The summed E-state index contributed by atoms with van der Waals surface area (Å²) < 4.78 is 11.3. The maximum atomic E-state index is 5.80. The summed E-state index contributed by atoms with van der Waals surface area (Å²) in [6.07, 6.45) is 1.01. The van der Waals surface area contributed by atoms with Gasteiger partial charge in [-0.2, -0.15) is 4.98 Å². The van der Waals surface area contributed by atoms with Crippen molar-refractivity contribution in [2.24, 2.45) is 0 Å². The number of rotatable bonds is 2. The lowest BCUT2D eigenvalue weighted by atomic mass is 10.2. The lowest BCUT2D eigenvalue weighted by Crippen LogP contribution is -2.45. The Kier molecular flexibility index (Phi) is 2.83. The Morgan fingerprint density at radius 1 is 1.50 bits per heavy atom. The summed E-state index contributed by atoms with van der Waals surface area (Å²) in [6.45, 7) is 4.42. The molecule has 0 bridgehead atoms. The molecule has 1 atom stereocenters. The standard InChI is InChI=1S/C13H17N3O2/c1-2-10-8-17-6-5-16(10)13-15-11-7-9(14)3-4-12(11)18-13/h3-4,7,10H,2,5-6,8,14H2,1H3. The smallest absolute Gasteiger partial charge is 0.298 e. The molecule has 0 saturated carbocycles. The first-order valence-electron chi connectivity index (χ1n) is 6.28. The molecule has 1 aliphatic heterocycles. The second-order valence-electron chi connectivity index (χ2n) is 4.55. The quantitative estimate of drug-likeness (QED) is 0.822. The Morgan fingerprint density at radius 3 is 3.22 bits per heavy atom. The van der Waals surface area contributed by atoms with Crippen LogP contribution in [0.4, 0.5) is 11.7 Å². The summed E-state index contributed by atoms with van der Waals surface area (Å²) in [5.41, 5.74) is 8.04. The third kappa shape index (κ3) is 1.90. The van der Waals surface area contributed by atoms with Gasteiger partial charge < -0.3 is 19.8 Å². The summed E-state index contributed by atoms with van der Waals surface area (Å²) in [5, 5.41) is 0. The summed E-state index contributed by atoms with van der Waals surface area (Å²) in [5.74, 6) is 0. The molecule has 0 spiro atoms. The van der Waals surface area contributed by atoms with Gasteiger partial charge in [0, 0.05) is 12.2 Å². The van der Waals surface area contributed by atoms with Crippen molar-refractivity contribution in [2.45, 2.75) is 19.4 Å². The van der Waals surface area contributed by atoms with E-state index >= 15 is 0 Å². The minimum atomic E-state index is 0.337. The largest absolute Gasteiger partial charge is 0.423 e. The van der Waals surface area contributed by atoms with Gasteiger partial charge in [-0.05, 0) is 24.6 Å². The van der Waals surface area contributed by atoms with Crippen LogP contribution in [0.15, 0.2) is 22.6 Å². The van der Waals surface area contributed by atoms with Crippen molar-refractivity contribution in [1.82, 2.24) is 4.98 Å².